The van der Waals surface area contributed by atoms with E-state index < -0.39 is 25.3 Å². The summed E-state index contributed by atoms with van der Waals surface area (Å²) < 4.78 is 25.0. The second-order valence-electron chi connectivity index (χ2n) is 8.44. The lowest BCUT2D eigenvalue weighted by Gasteiger charge is -2.11. The molecule has 0 aliphatic rings. The molecule has 1 amide bonds. The van der Waals surface area contributed by atoms with Gasteiger partial charge in [-0.1, -0.05) is 125 Å². The molecule has 0 saturated carbocycles. The number of halogens is 3. The number of sulfone groups is 1. The molecule has 4 nitrogen and oxygen atoms in total. The number of rotatable bonds is 18. The minimum Gasteiger partial charge on any atom is -0.314 e. The van der Waals surface area contributed by atoms with Crippen molar-refractivity contribution in [3.8, 4) is 0 Å². The monoisotopic (exact) mass is 537 g/mol. The van der Waals surface area contributed by atoms with Crippen molar-refractivity contribution >= 4 is 50.5 Å². The summed E-state index contributed by atoms with van der Waals surface area (Å²) in [6.45, 7) is 2.25. The third kappa shape index (κ3) is 13.1. The van der Waals surface area contributed by atoms with Gasteiger partial charge < -0.3 is 5.32 Å². The zero-order chi connectivity index (χ0) is 24.5. The van der Waals surface area contributed by atoms with E-state index in [1.165, 1.54) is 94.9 Å². The van der Waals surface area contributed by atoms with E-state index in [1.54, 1.807) is 0 Å². The summed E-state index contributed by atoms with van der Waals surface area (Å²) in [6, 6.07) is 5.58. The zero-order valence-electron chi connectivity index (χ0n) is 19.7. The molecule has 1 rings (SSSR count). The summed E-state index contributed by atoms with van der Waals surface area (Å²) >= 11 is 17.4. The second kappa shape index (κ2) is 17.7. The van der Waals surface area contributed by atoms with E-state index >= 15 is 0 Å². The van der Waals surface area contributed by atoms with Gasteiger partial charge in [0.1, 0.15) is 4.49 Å². The first-order valence-corrected chi connectivity index (χ1v) is 14.8. The van der Waals surface area contributed by atoms with Crippen LogP contribution in [0.5, 0.6) is 0 Å². The normalized spacial score (nSPS) is 11.4. The van der Waals surface area contributed by atoms with Crippen molar-refractivity contribution in [2.75, 3.05) is 0 Å². The summed E-state index contributed by atoms with van der Waals surface area (Å²) in [5.41, 5.74) is 0. The van der Waals surface area contributed by atoms with Crippen LogP contribution in [0.1, 0.15) is 103 Å². The second-order valence-corrected chi connectivity index (χ2v) is 11.7. The maximum Gasteiger partial charge on any atom is 0.224 e. The van der Waals surface area contributed by atoms with Gasteiger partial charge in [0.15, 0.2) is 5.03 Å². The van der Waals surface area contributed by atoms with Gasteiger partial charge in [-0.25, -0.2) is 8.42 Å². The van der Waals surface area contributed by atoms with Crippen molar-refractivity contribution < 1.29 is 13.2 Å². The molecule has 1 N–H and O–H groups in total. The van der Waals surface area contributed by atoms with E-state index in [9.17, 15) is 13.2 Å². The third-order valence-corrected chi connectivity index (χ3v) is 8.17. The minimum absolute atomic E-state index is 0.0440. The molecule has 0 radical (unpaired) electrons. The average Bonchev–Trinajstić information content (AvgIpc) is 2.77. The fourth-order valence-corrected chi connectivity index (χ4v) is 5.63. The molecule has 8 heteroatoms. The Bertz CT molecular complexity index is 820. The lowest BCUT2D eigenvalue weighted by Crippen LogP contribution is -2.28. The molecule has 0 spiro atoms. The molecule has 1 aromatic rings. The van der Waals surface area contributed by atoms with Crippen molar-refractivity contribution in [1.29, 1.82) is 0 Å². The van der Waals surface area contributed by atoms with Crippen LogP contribution in [-0.4, -0.2) is 14.3 Å². The number of carbonyl (C=O) groups excluding carboxylic acids is 1. The number of carbonyl (C=O) groups is 1. The molecule has 0 aromatic heterocycles. The SMILES string of the molecule is CCCCCCCCCCCCCCCCC(=O)NC(=C(Cl)Cl)S(=O)(=O)c1ccc(Cl)cc1. The van der Waals surface area contributed by atoms with Gasteiger partial charge in [0.05, 0.1) is 4.90 Å². The smallest absolute Gasteiger partial charge is 0.224 e. The van der Waals surface area contributed by atoms with Crippen LogP contribution in [0.2, 0.25) is 5.02 Å². The molecule has 0 fully saturated rings. The van der Waals surface area contributed by atoms with Gasteiger partial charge in [0, 0.05) is 11.4 Å². The first kappa shape index (κ1) is 30.3. The highest BCUT2D eigenvalue weighted by atomic mass is 35.5. The summed E-state index contributed by atoms with van der Waals surface area (Å²) in [4.78, 5) is 12.2. The Morgan fingerprint density at radius 2 is 1.18 bits per heavy atom. The molecule has 0 saturated heterocycles. The van der Waals surface area contributed by atoms with E-state index in [-0.39, 0.29) is 11.3 Å². The van der Waals surface area contributed by atoms with Gasteiger partial charge in [-0.15, -0.1) is 0 Å². The van der Waals surface area contributed by atoms with Gasteiger partial charge in [-0.3, -0.25) is 4.79 Å². The Morgan fingerprint density at radius 3 is 1.61 bits per heavy atom. The quantitative estimate of drug-likeness (QED) is 0.190. The summed E-state index contributed by atoms with van der Waals surface area (Å²) in [5.74, 6) is -0.416. The van der Waals surface area contributed by atoms with E-state index in [2.05, 4.69) is 12.2 Å². The molecule has 0 heterocycles. The van der Waals surface area contributed by atoms with Crippen molar-refractivity contribution in [3.05, 3.63) is 38.8 Å². The number of hydrogen-bond donors (Lipinski definition) is 1. The molecule has 188 valence electrons. The molecule has 0 aliphatic heterocycles. The fourth-order valence-electron chi connectivity index (χ4n) is 3.62. The summed E-state index contributed by atoms with van der Waals surface area (Å²) in [7, 11) is -4.05. The molecular weight excluding hydrogens is 501 g/mol. The topological polar surface area (TPSA) is 63.2 Å². The Balaban J connectivity index is 2.20. The summed E-state index contributed by atoms with van der Waals surface area (Å²) in [5, 5.41) is 2.28. The largest absolute Gasteiger partial charge is 0.314 e. The van der Waals surface area contributed by atoms with Gasteiger partial charge in [0.2, 0.25) is 15.7 Å². The molecule has 0 bridgehead atoms. The molecular formula is C25H38Cl3NO3S. The molecule has 0 aliphatic carbocycles. The molecule has 0 atom stereocenters. The molecule has 1 aromatic carbocycles. The maximum absolute atomic E-state index is 12.7. The van der Waals surface area contributed by atoms with Gasteiger partial charge >= 0.3 is 0 Å². The van der Waals surface area contributed by atoms with Crippen molar-refractivity contribution in [3.63, 3.8) is 0 Å². The number of amides is 1. The van der Waals surface area contributed by atoms with Crippen LogP contribution in [-0.2, 0) is 14.6 Å². The van der Waals surface area contributed by atoms with Crippen LogP contribution >= 0.6 is 34.8 Å². The van der Waals surface area contributed by atoms with E-state index in [4.69, 9.17) is 34.8 Å². The van der Waals surface area contributed by atoms with E-state index in [1.807, 2.05) is 0 Å². The Kier molecular flexibility index (Phi) is 16.2. The highest BCUT2D eigenvalue weighted by molar-refractivity contribution is 7.95. The van der Waals surface area contributed by atoms with Crippen LogP contribution in [0.15, 0.2) is 38.7 Å². The number of nitrogens with one attached hydrogen (secondary N) is 1. The van der Waals surface area contributed by atoms with Crippen LogP contribution in [0.3, 0.4) is 0 Å². The van der Waals surface area contributed by atoms with Crippen molar-refractivity contribution in [1.82, 2.24) is 5.32 Å². The highest BCUT2D eigenvalue weighted by Crippen LogP contribution is 2.25. The van der Waals surface area contributed by atoms with Crippen LogP contribution in [0, 0.1) is 0 Å². The maximum atomic E-state index is 12.7. The summed E-state index contributed by atoms with van der Waals surface area (Å²) in [6.07, 6.45) is 17.4. The number of benzene rings is 1. The Labute approximate surface area is 215 Å². The van der Waals surface area contributed by atoms with E-state index in [0.717, 1.165) is 12.8 Å². The highest BCUT2D eigenvalue weighted by Gasteiger charge is 2.25. The zero-order valence-corrected chi connectivity index (χ0v) is 22.8. The third-order valence-electron chi connectivity index (χ3n) is 5.57. The first-order chi connectivity index (χ1) is 15.8. The Morgan fingerprint density at radius 1 is 0.758 bits per heavy atom. The minimum atomic E-state index is -4.05. The Hall–Kier alpha value is -0.750. The lowest BCUT2D eigenvalue weighted by molar-refractivity contribution is -0.120. The van der Waals surface area contributed by atoms with E-state index in [0.29, 0.717) is 11.4 Å². The molecule has 33 heavy (non-hydrogen) atoms. The van der Waals surface area contributed by atoms with Gasteiger partial charge in [-0.05, 0) is 30.7 Å². The predicted octanol–water partition coefficient (Wildman–Crippen LogP) is 8.71. The van der Waals surface area contributed by atoms with Gasteiger partial charge in [0.25, 0.3) is 0 Å². The number of hydrogen-bond acceptors (Lipinski definition) is 3. The van der Waals surface area contributed by atoms with Gasteiger partial charge in [-0.2, -0.15) is 0 Å². The fraction of sp³-hybridized carbons (Fsp3) is 0.640. The van der Waals surface area contributed by atoms with Crippen LogP contribution < -0.4 is 5.32 Å². The van der Waals surface area contributed by atoms with Crippen LogP contribution in [0.4, 0.5) is 0 Å². The van der Waals surface area contributed by atoms with Crippen LogP contribution in [0.25, 0.3) is 0 Å². The number of unbranched alkanes of at least 4 members (excludes halogenated alkanes) is 13. The molecule has 0 unspecified atom stereocenters. The standard InChI is InChI=1S/C25H38Cl3NO3S/c1-2-3-4-5-6-7-8-9-10-11-12-13-14-15-16-23(30)29-25(24(27)28)33(31,32)22-19-17-21(26)18-20-22/h17-20H,2-16H2,1H3,(H,29,30). The van der Waals surface area contributed by atoms with Crippen molar-refractivity contribution in [2.24, 2.45) is 0 Å². The predicted molar refractivity (Wildman–Crippen MR) is 140 cm³/mol. The van der Waals surface area contributed by atoms with Crippen molar-refractivity contribution in [2.45, 2.75) is 108 Å². The average molecular weight is 539 g/mol. The first-order valence-electron chi connectivity index (χ1n) is 12.1. The lowest BCUT2D eigenvalue weighted by atomic mass is 10.0.